The summed E-state index contributed by atoms with van der Waals surface area (Å²) in [5.41, 5.74) is 6.26. The number of carbonyl (C=O) groups is 1. The van der Waals surface area contributed by atoms with E-state index in [9.17, 15) is 9.90 Å². The van der Waals surface area contributed by atoms with Crippen LogP contribution in [0.5, 0.6) is 5.75 Å². The van der Waals surface area contributed by atoms with E-state index in [2.05, 4.69) is 6.07 Å². The summed E-state index contributed by atoms with van der Waals surface area (Å²) in [6.07, 6.45) is 0.820. The Hall–Kier alpha value is -2.01. The Bertz CT molecular complexity index is 596. The van der Waals surface area contributed by atoms with Crippen molar-refractivity contribution in [3.63, 3.8) is 0 Å². The standard InChI is InChI=1S/C15H18N2O2S/c1-10(8-12-4-3-7-20-12)17(2)15(19)11-5-6-13(16)14(18)9-11/h3-7,9-10,18H,8,16H2,1-2H3. The van der Waals surface area contributed by atoms with Crippen molar-refractivity contribution < 1.29 is 9.90 Å². The first kappa shape index (κ1) is 14.4. The second kappa shape index (κ2) is 5.96. The van der Waals surface area contributed by atoms with Gasteiger partial charge in [0.15, 0.2) is 0 Å². The van der Waals surface area contributed by atoms with Crippen LogP contribution in [0, 0.1) is 0 Å². The van der Waals surface area contributed by atoms with Crippen molar-refractivity contribution >= 4 is 22.9 Å². The van der Waals surface area contributed by atoms with E-state index in [0.717, 1.165) is 6.42 Å². The molecule has 0 saturated heterocycles. The number of hydrogen-bond donors (Lipinski definition) is 2. The summed E-state index contributed by atoms with van der Waals surface area (Å²) in [6.45, 7) is 2.01. The van der Waals surface area contributed by atoms with Crippen molar-refractivity contribution in [2.24, 2.45) is 0 Å². The lowest BCUT2D eigenvalue weighted by molar-refractivity contribution is 0.0743. The molecule has 1 amide bonds. The van der Waals surface area contributed by atoms with Gasteiger partial charge in [-0.2, -0.15) is 0 Å². The van der Waals surface area contributed by atoms with Crippen molar-refractivity contribution in [3.8, 4) is 5.75 Å². The Morgan fingerprint density at radius 1 is 1.45 bits per heavy atom. The number of nitrogen functional groups attached to an aromatic ring is 1. The third kappa shape index (κ3) is 3.11. The zero-order valence-electron chi connectivity index (χ0n) is 11.5. The predicted octanol–water partition coefficient (Wildman–Crippen LogP) is 2.74. The molecule has 1 atom stereocenters. The van der Waals surface area contributed by atoms with Crippen molar-refractivity contribution in [1.82, 2.24) is 4.90 Å². The fourth-order valence-electron chi connectivity index (χ4n) is 1.94. The Morgan fingerprint density at radius 2 is 2.20 bits per heavy atom. The first-order valence-corrected chi connectivity index (χ1v) is 7.25. The normalized spacial score (nSPS) is 12.1. The number of thiophene rings is 1. The smallest absolute Gasteiger partial charge is 0.253 e. The molecule has 1 heterocycles. The van der Waals surface area contributed by atoms with Crippen LogP contribution in [0.2, 0.25) is 0 Å². The lowest BCUT2D eigenvalue weighted by atomic mass is 10.1. The highest BCUT2D eigenvalue weighted by atomic mass is 32.1. The van der Waals surface area contributed by atoms with Gasteiger partial charge in [0.1, 0.15) is 5.75 Å². The summed E-state index contributed by atoms with van der Waals surface area (Å²) in [5, 5.41) is 11.6. The molecule has 0 saturated carbocycles. The maximum absolute atomic E-state index is 12.4. The number of phenolic OH excluding ortho intramolecular Hbond substituents is 1. The van der Waals surface area contributed by atoms with Crippen LogP contribution >= 0.6 is 11.3 Å². The molecule has 0 bridgehead atoms. The van der Waals surface area contributed by atoms with Gasteiger partial charge in [-0.3, -0.25) is 4.79 Å². The number of likely N-dealkylation sites (N-methyl/N-ethyl adjacent to an activating group) is 1. The Balaban J connectivity index is 2.09. The van der Waals surface area contributed by atoms with Crippen molar-refractivity contribution in [2.45, 2.75) is 19.4 Å². The van der Waals surface area contributed by atoms with Gasteiger partial charge in [0.2, 0.25) is 0 Å². The Morgan fingerprint density at radius 3 is 2.80 bits per heavy atom. The molecule has 0 radical (unpaired) electrons. The quantitative estimate of drug-likeness (QED) is 0.672. The van der Waals surface area contributed by atoms with Crippen LogP contribution in [0.3, 0.4) is 0 Å². The minimum absolute atomic E-state index is 0.0600. The van der Waals surface area contributed by atoms with E-state index >= 15 is 0 Å². The molecule has 0 aliphatic carbocycles. The molecule has 2 aromatic rings. The monoisotopic (exact) mass is 290 g/mol. The molecule has 106 valence electrons. The minimum atomic E-state index is -0.121. The van der Waals surface area contributed by atoms with E-state index in [1.54, 1.807) is 35.4 Å². The summed E-state index contributed by atoms with van der Waals surface area (Å²) in [7, 11) is 1.77. The van der Waals surface area contributed by atoms with Gasteiger partial charge in [0.05, 0.1) is 5.69 Å². The van der Waals surface area contributed by atoms with Crippen LogP contribution < -0.4 is 5.73 Å². The minimum Gasteiger partial charge on any atom is -0.506 e. The van der Waals surface area contributed by atoms with Crippen LogP contribution in [0.25, 0.3) is 0 Å². The van der Waals surface area contributed by atoms with Gasteiger partial charge in [-0.15, -0.1) is 11.3 Å². The Kier molecular flexibility index (Phi) is 4.29. The summed E-state index contributed by atoms with van der Waals surface area (Å²) >= 11 is 1.69. The number of amides is 1. The molecule has 0 aliphatic heterocycles. The third-order valence-corrected chi connectivity index (χ3v) is 4.23. The maximum atomic E-state index is 12.4. The third-order valence-electron chi connectivity index (χ3n) is 3.34. The van der Waals surface area contributed by atoms with Crippen LogP contribution in [0.15, 0.2) is 35.7 Å². The highest BCUT2D eigenvalue weighted by Crippen LogP contribution is 2.22. The number of carbonyl (C=O) groups excluding carboxylic acids is 1. The SMILES string of the molecule is CC(Cc1cccs1)N(C)C(=O)c1ccc(N)c(O)c1. The van der Waals surface area contributed by atoms with Crippen molar-refractivity contribution in [2.75, 3.05) is 12.8 Å². The van der Waals surface area contributed by atoms with Gasteiger partial charge < -0.3 is 15.7 Å². The number of rotatable bonds is 4. The van der Waals surface area contributed by atoms with E-state index in [4.69, 9.17) is 5.73 Å². The van der Waals surface area contributed by atoms with Gasteiger partial charge in [-0.25, -0.2) is 0 Å². The summed E-state index contributed by atoms with van der Waals surface area (Å²) < 4.78 is 0. The first-order chi connectivity index (χ1) is 9.49. The van der Waals surface area contributed by atoms with Crippen LogP contribution in [-0.4, -0.2) is 29.0 Å². The molecule has 20 heavy (non-hydrogen) atoms. The highest BCUT2D eigenvalue weighted by molar-refractivity contribution is 7.09. The number of nitrogens with zero attached hydrogens (tertiary/aromatic N) is 1. The fourth-order valence-corrected chi connectivity index (χ4v) is 2.76. The molecular weight excluding hydrogens is 272 g/mol. The molecular formula is C15H18N2O2S. The van der Waals surface area contributed by atoms with E-state index in [0.29, 0.717) is 5.56 Å². The molecule has 0 fully saturated rings. The lowest BCUT2D eigenvalue weighted by Crippen LogP contribution is -2.36. The van der Waals surface area contributed by atoms with Crippen LogP contribution in [0.4, 0.5) is 5.69 Å². The van der Waals surface area contributed by atoms with E-state index < -0.39 is 0 Å². The van der Waals surface area contributed by atoms with Crippen LogP contribution in [-0.2, 0) is 6.42 Å². The number of hydrogen-bond acceptors (Lipinski definition) is 4. The fraction of sp³-hybridized carbons (Fsp3) is 0.267. The van der Waals surface area contributed by atoms with Gasteiger partial charge in [-0.05, 0) is 36.6 Å². The number of anilines is 1. The zero-order chi connectivity index (χ0) is 14.7. The second-order valence-electron chi connectivity index (χ2n) is 4.82. The lowest BCUT2D eigenvalue weighted by Gasteiger charge is -2.24. The Labute approximate surface area is 122 Å². The summed E-state index contributed by atoms with van der Waals surface area (Å²) in [6, 6.07) is 8.74. The van der Waals surface area contributed by atoms with Crippen molar-refractivity contribution in [3.05, 3.63) is 46.2 Å². The first-order valence-electron chi connectivity index (χ1n) is 6.37. The van der Waals surface area contributed by atoms with Gasteiger partial charge in [0.25, 0.3) is 5.91 Å². The number of phenols is 1. The molecule has 0 spiro atoms. The molecule has 1 unspecified atom stereocenters. The van der Waals surface area contributed by atoms with Crippen molar-refractivity contribution in [1.29, 1.82) is 0 Å². The molecule has 3 N–H and O–H groups in total. The van der Waals surface area contributed by atoms with Gasteiger partial charge >= 0.3 is 0 Å². The molecule has 4 nitrogen and oxygen atoms in total. The zero-order valence-corrected chi connectivity index (χ0v) is 12.4. The van der Waals surface area contributed by atoms with Gasteiger partial charge in [-0.1, -0.05) is 6.07 Å². The van der Waals surface area contributed by atoms with E-state index in [1.807, 2.05) is 18.4 Å². The number of benzene rings is 1. The maximum Gasteiger partial charge on any atom is 0.253 e. The van der Waals surface area contributed by atoms with Gasteiger partial charge in [0, 0.05) is 30.0 Å². The highest BCUT2D eigenvalue weighted by Gasteiger charge is 2.18. The summed E-state index contributed by atoms with van der Waals surface area (Å²) in [4.78, 5) is 15.3. The number of nitrogens with two attached hydrogens (primary N) is 1. The summed E-state index contributed by atoms with van der Waals surface area (Å²) in [5.74, 6) is -0.181. The molecule has 0 aliphatic rings. The molecule has 1 aromatic heterocycles. The predicted molar refractivity (Wildman–Crippen MR) is 82.1 cm³/mol. The van der Waals surface area contributed by atoms with E-state index in [-0.39, 0.29) is 23.4 Å². The molecule has 1 aromatic carbocycles. The van der Waals surface area contributed by atoms with Crippen LogP contribution in [0.1, 0.15) is 22.2 Å². The molecule has 5 heteroatoms. The molecule has 2 rings (SSSR count). The average Bonchev–Trinajstić information content (AvgIpc) is 2.93. The average molecular weight is 290 g/mol. The topological polar surface area (TPSA) is 66.6 Å². The van der Waals surface area contributed by atoms with E-state index in [1.165, 1.54) is 10.9 Å². The number of aromatic hydroxyl groups is 1. The second-order valence-corrected chi connectivity index (χ2v) is 5.85. The largest absolute Gasteiger partial charge is 0.506 e.